The quantitative estimate of drug-likeness (QED) is 0.673. The molecule has 1 N–H and O–H groups in total. The zero-order valence-electron chi connectivity index (χ0n) is 10.4. The Balaban J connectivity index is 2.09. The molecule has 0 fully saturated rings. The van der Waals surface area contributed by atoms with E-state index in [1.54, 1.807) is 6.07 Å². The first-order chi connectivity index (χ1) is 9.06. The molecule has 4 nitrogen and oxygen atoms in total. The van der Waals surface area contributed by atoms with Gasteiger partial charge in [-0.2, -0.15) is 0 Å². The molecule has 0 radical (unpaired) electrons. The monoisotopic (exact) mass is 276 g/mol. The standard InChI is InChI=1S/C14H13ClN2O2/c1-10-2-4-11(5-3-10)9-16-12-6-7-13(15)14(8-12)17(18)19/h2-8,16H,9H2,1H3. The third kappa shape index (κ3) is 3.45. The summed E-state index contributed by atoms with van der Waals surface area (Å²) in [7, 11) is 0. The number of nitrogens with one attached hydrogen (secondary N) is 1. The van der Waals surface area contributed by atoms with Crippen molar-refractivity contribution in [3.63, 3.8) is 0 Å². The number of rotatable bonds is 4. The lowest BCUT2D eigenvalue weighted by Crippen LogP contribution is -2.00. The summed E-state index contributed by atoms with van der Waals surface area (Å²) in [6.45, 7) is 2.64. The van der Waals surface area contributed by atoms with E-state index in [2.05, 4.69) is 5.32 Å². The predicted octanol–water partition coefficient (Wildman–Crippen LogP) is 4.17. The number of hydrogen-bond acceptors (Lipinski definition) is 3. The van der Waals surface area contributed by atoms with Crippen molar-refractivity contribution >= 4 is 23.0 Å². The zero-order valence-corrected chi connectivity index (χ0v) is 11.1. The highest BCUT2D eigenvalue weighted by Gasteiger charge is 2.12. The summed E-state index contributed by atoms with van der Waals surface area (Å²) < 4.78 is 0. The second-order valence-corrected chi connectivity index (χ2v) is 4.67. The maximum absolute atomic E-state index is 10.8. The molecular weight excluding hydrogens is 264 g/mol. The molecule has 0 aliphatic heterocycles. The van der Waals surface area contributed by atoms with Gasteiger partial charge in [-0.25, -0.2) is 0 Å². The Morgan fingerprint density at radius 2 is 1.89 bits per heavy atom. The minimum Gasteiger partial charge on any atom is -0.381 e. The maximum atomic E-state index is 10.8. The molecule has 2 aromatic rings. The van der Waals surface area contributed by atoms with Gasteiger partial charge in [0.05, 0.1) is 4.92 Å². The van der Waals surface area contributed by atoms with Gasteiger partial charge >= 0.3 is 0 Å². The molecule has 19 heavy (non-hydrogen) atoms. The summed E-state index contributed by atoms with van der Waals surface area (Å²) in [5.41, 5.74) is 2.90. The molecule has 0 unspecified atom stereocenters. The second kappa shape index (κ2) is 5.71. The highest BCUT2D eigenvalue weighted by Crippen LogP contribution is 2.27. The van der Waals surface area contributed by atoms with E-state index in [9.17, 15) is 10.1 Å². The van der Waals surface area contributed by atoms with Gasteiger partial charge in [0.25, 0.3) is 5.69 Å². The number of aryl methyl sites for hydroxylation is 1. The van der Waals surface area contributed by atoms with Gasteiger partial charge in [-0.15, -0.1) is 0 Å². The van der Waals surface area contributed by atoms with Crippen LogP contribution >= 0.6 is 11.6 Å². The zero-order chi connectivity index (χ0) is 13.8. The molecule has 0 amide bonds. The normalized spacial score (nSPS) is 10.2. The Labute approximate surface area is 116 Å². The third-order valence-electron chi connectivity index (χ3n) is 2.76. The predicted molar refractivity (Wildman–Crippen MR) is 76.6 cm³/mol. The number of hydrogen-bond donors (Lipinski definition) is 1. The van der Waals surface area contributed by atoms with Crippen molar-refractivity contribution < 1.29 is 4.92 Å². The molecule has 5 heteroatoms. The summed E-state index contributed by atoms with van der Waals surface area (Å²) in [5, 5.41) is 14.1. The molecule has 98 valence electrons. The molecule has 0 aromatic heterocycles. The number of nitrogens with zero attached hydrogens (tertiary/aromatic N) is 1. The second-order valence-electron chi connectivity index (χ2n) is 4.26. The number of nitro benzene ring substituents is 1. The van der Waals surface area contributed by atoms with Gasteiger partial charge in [0.1, 0.15) is 5.02 Å². The number of benzene rings is 2. The van der Waals surface area contributed by atoms with Crippen molar-refractivity contribution in [3.05, 3.63) is 68.7 Å². The SMILES string of the molecule is Cc1ccc(CNc2ccc(Cl)c([N+](=O)[O-])c2)cc1. The van der Waals surface area contributed by atoms with Crippen LogP contribution in [0.15, 0.2) is 42.5 Å². The van der Waals surface area contributed by atoms with Gasteiger partial charge in [0.15, 0.2) is 0 Å². The van der Waals surface area contributed by atoms with E-state index in [4.69, 9.17) is 11.6 Å². The summed E-state index contributed by atoms with van der Waals surface area (Å²) in [6, 6.07) is 12.8. The molecule has 0 aliphatic rings. The van der Waals surface area contributed by atoms with E-state index in [-0.39, 0.29) is 10.7 Å². The number of nitro groups is 1. The molecule has 0 aliphatic carbocycles. The molecule has 0 saturated carbocycles. The van der Waals surface area contributed by atoms with Gasteiger partial charge in [0, 0.05) is 18.3 Å². The first-order valence-corrected chi connectivity index (χ1v) is 6.17. The highest BCUT2D eigenvalue weighted by atomic mass is 35.5. The van der Waals surface area contributed by atoms with Crippen molar-refractivity contribution in [3.8, 4) is 0 Å². The fourth-order valence-electron chi connectivity index (χ4n) is 1.67. The van der Waals surface area contributed by atoms with E-state index in [1.807, 2.05) is 31.2 Å². The van der Waals surface area contributed by atoms with E-state index in [1.165, 1.54) is 17.7 Å². The first-order valence-electron chi connectivity index (χ1n) is 5.79. The van der Waals surface area contributed by atoms with Crippen LogP contribution in [-0.4, -0.2) is 4.92 Å². The lowest BCUT2D eigenvalue weighted by molar-refractivity contribution is -0.384. The van der Waals surface area contributed by atoms with Crippen molar-refractivity contribution in [2.45, 2.75) is 13.5 Å². The van der Waals surface area contributed by atoms with Gasteiger partial charge in [0.2, 0.25) is 0 Å². The molecular formula is C14H13ClN2O2. The molecule has 0 saturated heterocycles. The Morgan fingerprint density at radius 3 is 2.53 bits per heavy atom. The summed E-state index contributed by atoms with van der Waals surface area (Å²) >= 11 is 5.76. The minimum atomic E-state index is -0.487. The Bertz CT molecular complexity index is 597. The van der Waals surface area contributed by atoms with Crippen LogP contribution in [0.2, 0.25) is 5.02 Å². The van der Waals surface area contributed by atoms with Crippen LogP contribution in [0.5, 0.6) is 0 Å². The topological polar surface area (TPSA) is 55.2 Å². The smallest absolute Gasteiger partial charge is 0.289 e. The number of halogens is 1. The molecule has 0 atom stereocenters. The van der Waals surface area contributed by atoms with Gasteiger partial charge in [-0.05, 0) is 24.6 Å². The Hall–Kier alpha value is -2.07. The average Bonchev–Trinajstić information content (AvgIpc) is 2.39. The lowest BCUT2D eigenvalue weighted by Gasteiger charge is -2.07. The first kappa shape index (κ1) is 13.4. The van der Waals surface area contributed by atoms with Gasteiger partial charge in [-0.1, -0.05) is 41.4 Å². The van der Waals surface area contributed by atoms with Crippen molar-refractivity contribution in [2.24, 2.45) is 0 Å². The van der Waals surface area contributed by atoms with Gasteiger partial charge in [-0.3, -0.25) is 10.1 Å². The third-order valence-corrected chi connectivity index (χ3v) is 3.08. The molecule has 2 rings (SSSR count). The van der Waals surface area contributed by atoms with Crippen LogP contribution in [0, 0.1) is 17.0 Å². The van der Waals surface area contributed by atoms with Crippen LogP contribution in [0.4, 0.5) is 11.4 Å². The maximum Gasteiger partial charge on any atom is 0.289 e. The molecule has 0 spiro atoms. The van der Waals surface area contributed by atoms with Crippen molar-refractivity contribution in [1.29, 1.82) is 0 Å². The Kier molecular flexibility index (Phi) is 4.02. The molecule has 0 bridgehead atoms. The molecule has 0 heterocycles. The van der Waals surface area contributed by atoms with Crippen molar-refractivity contribution in [2.75, 3.05) is 5.32 Å². The lowest BCUT2D eigenvalue weighted by atomic mass is 10.1. The van der Waals surface area contributed by atoms with E-state index >= 15 is 0 Å². The van der Waals surface area contributed by atoms with Crippen LogP contribution < -0.4 is 5.32 Å². The van der Waals surface area contributed by atoms with Crippen LogP contribution in [0.3, 0.4) is 0 Å². The largest absolute Gasteiger partial charge is 0.381 e. The van der Waals surface area contributed by atoms with Crippen LogP contribution in [0.1, 0.15) is 11.1 Å². The van der Waals surface area contributed by atoms with E-state index in [0.29, 0.717) is 12.2 Å². The van der Waals surface area contributed by atoms with E-state index in [0.717, 1.165) is 5.56 Å². The summed E-state index contributed by atoms with van der Waals surface area (Å²) in [4.78, 5) is 10.3. The van der Waals surface area contributed by atoms with Gasteiger partial charge < -0.3 is 5.32 Å². The summed E-state index contributed by atoms with van der Waals surface area (Å²) in [5.74, 6) is 0. The summed E-state index contributed by atoms with van der Waals surface area (Å²) in [6.07, 6.45) is 0. The Morgan fingerprint density at radius 1 is 1.21 bits per heavy atom. The van der Waals surface area contributed by atoms with Crippen molar-refractivity contribution in [1.82, 2.24) is 0 Å². The van der Waals surface area contributed by atoms with E-state index < -0.39 is 4.92 Å². The highest BCUT2D eigenvalue weighted by molar-refractivity contribution is 6.32. The fraction of sp³-hybridized carbons (Fsp3) is 0.143. The molecule has 2 aromatic carbocycles. The van der Waals surface area contributed by atoms with Crippen LogP contribution in [-0.2, 0) is 6.54 Å². The van der Waals surface area contributed by atoms with Crippen LogP contribution in [0.25, 0.3) is 0 Å². The average molecular weight is 277 g/mol. The number of anilines is 1. The fourth-order valence-corrected chi connectivity index (χ4v) is 1.86. The minimum absolute atomic E-state index is 0.0874.